The summed E-state index contributed by atoms with van der Waals surface area (Å²) in [6.07, 6.45) is 1.88. The monoisotopic (exact) mass is 230 g/mol. The van der Waals surface area contributed by atoms with E-state index in [4.69, 9.17) is 0 Å². The lowest BCUT2D eigenvalue weighted by Crippen LogP contribution is -2.05. The maximum atomic E-state index is 11.2. The lowest BCUT2D eigenvalue weighted by atomic mass is 9.90. The van der Waals surface area contributed by atoms with Crippen LogP contribution in [0.2, 0.25) is 0 Å². The molecule has 1 N–H and O–H groups in total. The predicted octanol–water partition coefficient (Wildman–Crippen LogP) is 3.31. The largest absolute Gasteiger partial charge is 0.481 e. The maximum absolute atomic E-state index is 11.2. The molecule has 2 nitrogen and oxygen atoms in total. The molecule has 1 saturated carbocycles. The van der Waals surface area contributed by atoms with E-state index in [9.17, 15) is 9.90 Å². The Morgan fingerprint density at radius 3 is 2.41 bits per heavy atom. The standard InChI is InChI=1S/C15H18O2/c1-4-11(10-8-6-5-7-9-10)12-13(14(16)17)15(12,2)3/h4-9,11-13H,1H2,2-3H3,(H,16,17). The van der Waals surface area contributed by atoms with E-state index in [2.05, 4.69) is 6.58 Å². The van der Waals surface area contributed by atoms with Gasteiger partial charge in [0.05, 0.1) is 5.92 Å². The van der Waals surface area contributed by atoms with E-state index in [0.717, 1.165) is 5.56 Å². The average Bonchev–Trinajstić information content (AvgIpc) is 2.84. The molecule has 1 aromatic rings. The molecule has 0 saturated heterocycles. The third kappa shape index (κ3) is 1.88. The van der Waals surface area contributed by atoms with Gasteiger partial charge >= 0.3 is 5.97 Å². The Morgan fingerprint density at radius 2 is 2.00 bits per heavy atom. The molecule has 1 aliphatic carbocycles. The minimum atomic E-state index is -0.692. The van der Waals surface area contributed by atoms with Crippen LogP contribution in [0.1, 0.15) is 25.3 Å². The van der Waals surface area contributed by atoms with E-state index in [1.54, 1.807) is 0 Å². The number of allylic oxidation sites excluding steroid dienone is 1. The molecule has 0 heterocycles. The van der Waals surface area contributed by atoms with Crippen LogP contribution in [0.5, 0.6) is 0 Å². The summed E-state index contributed by atoms with van der Waals surface area (Å²) < 4.78 is 0. The Bertz CT molecular complexity index is 433. The van der Waals surface area contributed by atoms with Crippen molar-refractivity contribution in [1.82, 2.24) is 0 Å². The fourth-order valence-electron chi connectivity index (χ4n) is 2.98. The Morgan fingerprint density at radius 1 is 1.41 bits per heavy atom. The summed E-state index contributed by atoms with van der Waals surface area (Å²) in [5.41, 5.74) is 1.02. The molecule has 0 bridgehead atoms. The van der Waals surface area contributed by atoms with Crippen molar-refractivity contribution >= 4 is 5.97 Å². The minimum absolute atomic E-state index is 0.132. The normalized spacial score (nSPS) is 27.2. The van der Waals surface area contributed by atoms with Crippen molar-refractivity contribution in [3.8, 4) is 0 Å². The number of rotatable bonds is 4. The number of hydrogen-bond donors (Lipinski definition) is 1. The van der Waals surface area contributed by atoms with Crippen molar-refractivity contribution in [2.24, 2.45) is 17.3 Å². The minimum Gasteiger partial charge on any atom is -0.481 e. The fourth-order valence-corrected chi connectivity index (χ4v) is 2.98. The molecule has 0 spiro atoms. The van der Waals surface area contributed by atoms with Crippen LogP contribution in [-0.2, 0) is 4.79 Å². The van der Waals surface area contributed by atoms with Crippen molar-refractivity contribution in [3.63, 3.8) is 0 Å². The van der Waals surface area contributed by atoms with Gasteiger partial charge in [0.15, 0.2) is 0 Å². The van der Waals surface area contributed by atoms with E-state index in [-0.39, 0.29) is 23.2 Å². The first-order valence-electron chi connectivity index (χ1n) is 5.90. The number of benzene rings is 1. The van der Waals surface area contributed by atoms with Crippen LogP contribution < -0.4 is 0 Å². The molecule has 90 valence electrons. The van der Waals surface area contributed by atoms with Gasteiger partial charge in [0.1, 0.15) is 0 Å². The summed E-state index contributed by atoms with van der Waals surface area (Å²) in [6.45, 7) is 7.91. The summed E-state index contributed by atoms with van der Waals surface area (Å²) >= 11 is 0. The molecule has 0 aliphatic heterocycles. The summed E-state index contributed by atoms with van der Waals surface area (Å²) in [4.78, 5) is 11.2. The lowest BCUT2D eigenvalue weighted by molar-refractivity contribution is -0.139. The Balaban J connectivity index is 2.28. The summed E-state index contributed by atoms with van der Waals surface area (Å²) in [5.74, 6) is -0.666. The summed E-state index contributed by atoms with van der Waals surface area (Å²) in [7, 11) is 0. The van der Waals surface area contributed by atoms with Crippen molar-refractivity contribution < 1.29 is 9.90 Å². The summed E-state index contributed by atoms with van der Waals surface area (Å²) in [5, 5.41) is 9.22. The smallest absolute Gasteiger partial charge is 0.307 e. The van der Waals surface area contributed by atoms with Gasteiger partial charge in [0, 0.05) is 5.92 Å². The molecule has 3 unspecified atom stereocenters. The number of hydrogen-bond acceptors (Lipinski definition) is 1. The zero-order chi connectivity index (χ0) is 12.6. The van der Waals surface area contributed by atoms with Gasteiger partial charge in [-0.2, -0.15) is 0 Å². The van der Waals surface area contributed by atoms with Gasteiger partial charge in [-0.15, -0.1) is 6.58 Å². The second kappa shape index (κ2) is 4.02. The number of carboxylic acid groups (broad SMARTS) is 1. The van der Waals surface area contributed by atoms with Crippen molar-refractivity contribution in [3.05, 3.63) is 48.6 Å². The zero-order valence-electron chi connectivity index (χ0n) is 10.3. The third-order valence-corrected chi connectivity index (χ3v) is 4.00. The van der Waals surface area contributed by atoms with Gasteiger partial charge in [0.25, 0.3) is 0 Å². The number of carboxylic acids is 1. The molecule has 2 rings (SSSR count). The van der Waals surface area contributed by atoms with Gasteiger partial charge in [0.2, 0.25) is 0 Å². The topological polar surface area (TPSA) is 37.3 Å². The lowest BCUT2D eigenvalue weighted by Gasteiger charge is -2.14. The Labute approximate surface area is 102 Å². The van der Waals surface area contributed by atoms with Gasteiger partial charge in [-0.05, 0) is 16.9 Å². The van der Waals surface area contributed by atoms with Crippen molar-refractivity contribution in [2.75, 3.05) is 0 Å². The van der Waals surface area contributed by atoms with E-state index in [1.165, 1.54) is 0 Å². The van der Waals surface area contributed by atoms with Crippen LogP contribution in [0.15, 0.2) is 43.0 Å². The molecule has 1 aromatic carbocycles. The first-order valence-corrected chi connectivity index (χ1v) is 5.90. The van der Waals surface area contributed by atoms with Crippen molar-refractivity contribution in [2.45, 2.75) is 19.8 Å². The van der Waals surface area contributed by atoms with Crippen LogP contribution >= 0.6 is 0 Å². The molecule has 0 aromatic heterocycles. The van der Waals surface area contributed by atoms with Crippen LogP contribution in [0.4, 0.5) is 0 Å². The molecule has 1 aliphatic rings. The molecule has 0 radical (unpaired) electrons. The summed E-state index contributed by atoms with van der Waals surface area (Å²) in [6, 6.07) is 10.0. The Kier molecular flexibility index (Phi) is 2.82. The van der Waals surface area contributed by atoms with Crippen LogP contribution in [-0.4, -0.2) is 11.1 Å². The average molecular weight is 230 g/mol. The highest BCUT2D eigenvalue weighted by Crippen LogP contribution is 2.64. The highest BCUT2D eigenvalue weighted by atomic mass is 16.4. The predicted molar refractivity (Wildman–Crippen MR) is 67.8 cm³/mol. The van der Waals surface area contributed by atoms with Gasteiger partial charge < -0.3 is 5.11 Å². The molecule has 3 atom stereocenters. The highest BCUT2D eigenvalue weighted by molar-refractivity contribution is 5.76. The van der Waals surface area contributed by atoms with Crippen LogP contribution in [0, 0.1) is 17.3 Å². The van der Waals surface area contributed by atoms with Crippen molar-refractivity contribution in [1.29, 1.82) is 0 Å². The number of carbonyl (C=O) groups is 1. The molecule has 17 heavy (non-hydrogen) atoms. The maximum Gasteiger partial charge on any atom is 0.307 e. The quantitative estimate of drug-likeness (QED) is 0.806. The third-order valence-electron chi connectivity index (χ3n) is 4.00. The molecular weight excluding hydrogens is 212 g/mol. The molecule has 0 amide bonds. The highest BCUT2D eigenvalue weighted by Gasteiger charge is 2.64. The van der Waals surface area contributed by atoms with E-state index >= 15 is 0 Å². The zero-order valence-corrected chi connectivity index (χ0v) is 10.3. The van der Waals surface area contributed by atoms with Gasteiger partial charge in [-0.3, -0.25) is 4.79 Å². The SMILES string of the molecule is C=CC(c1ccccc1)C1C(C(=O)O)C1(C)C. The molecular formula is C15H18O2. The number of aliphatic carboxylic acids is 1. The van der Waals surface area contributed by atoms with Gasteiger partial charge in [-0.1, -0.05) is 50.3 Å². The first kappa shape index (κ1) is 11.9. The van der Waals surface area contributed by atoms with Crippen LogP contribution in [0.25, 0.3) is 0 Å². The second-order valence-electron chi connectivity index (χ2n) is 5.34. The Hall–Kier alpha value is -1.57. The molecule has 2 heteroatoms. The van der Waals surface area contributed by atoms with Gasteiger partial charge in [-0.25, -0.2) is 0 Å². The second-order valence-corrected chi connectivity index (χ2v) is 5.34. The molecule has 1 fully saturated rings. The van der Waals surface area contributed by atoms with Crippen LogP contribution in [0.3, 0.4) is 0 Å². The van der Waals surface area contributed by atoms with E-state index in [0.29, 0.717) is 0 Å². The van der Waals surface area contributed by atoms with E-state index in [1.807, 2.05) is 50.3 Å². The van der Waals surface area contributed by atoms with E-state index < -0.39 is 5.97 Å². The first-order chi connectivity index (χ1) is 8.00. The fraction of sp³-hybridized carbons (Fsp3) is 0.400.